The molecule has 1 unspecified atom stereocenters. The van der Waals surface area contributed by atoms with Gasteiger partial charge in [-0.2, -0.15) is 0 Å². The highest BCUT2D eigenvalue weighted by Gasteiger charge is 2.34. The molecular weight excluding hydrogens is 379 g/mol. The van der Waals surface area contributed by atoms with Crippen LogP contribution >= 0.6 is 0 Å². The fraction of sp³-hybridized carbons (Fsp3) is 0.435. The van der Waals surface area contributed by atoms with Gasteiger partial charge >= 0.3 is 0 Å². The molecule has 1 atom stereocenters. The lowest BCUT2D eigenvalue weighted by atomic mass is 9.99. The van der Waals surface area contributed by atoms with Gasteiger partial charge < -0.3 is 4.90 Å². The molecule has 0 amide bonds. The van der Waals surface area contributed by atoms with Crippen LogP contribution in [0.15, 0.2) is 54.6 Å². The molecule has 6 nitrogen and oxygen atoms in total. The molecule has 1 aromatic heterocycles. The summed E-state index contributed by atoms with van der Waals surface area (Å²) < 4.78 is 15.6. The molecule has 7 heteroatoms. The minimum absolute atomic E-state index is 0.121. The number of aromatic nitrogens is 4. The number of halogens is 1. The summed E-state index contributed by atoms with van der Waals surface area (Å²) in [5, 5.41) is 12.8. The maximum absolute atomic E-state index is 13.6. The predicted octanol–water partition coefficient (Wildman–Crippen LogP) is 3.87. The molecule has 0 spiro atoms. The lowest BCUT2D eigenvalue weighted by molar-refractivity contribution is 0.187. The number of tetrazole rings is 1. The second-order valence-corrected chi connectivity index (χ2v) is 8.43. The summed E-state index contributed by atoms with van der Waals surface area (Å²) in [4.78, 5) is 4.80. The summed E-state index contributed by atoms with van der Waals surface area (Å²) in [6.45, 7) is 9.99. The highest BCUT2D eigenvalue weighted by Crippen LogP contribution is 2.32. The fourth-order valence-corrected chi connectivity index (χ4v) is 3.99. The largest absolute Gasteiger partial charge is 0.369 e. The summed E-state index contributed by atoms with van der Waals surface area (Å²) in [7, 11) is 0. The van der Waals surface area contributed by atoms with Crippen molar-refractivity contribution >= 4 is 5.69 Å². The van der Waals surface area contributed by atoms with Gasteiger partial charge in [-0.25, -0.2) is 9.07 Å². The molecular formula is C23H29FN6. The lowest BCUT2D eigenvalue weighted by Crippen LogP contribution is -2.48. The van der Waals surface area contributed by atoms with Gasteiger partial charge in [0.25, 0.3) is 0 Å². The first kappa shape index (κ1) is 20.5. The average molecular weight is 409 g/mol. The van der Waals surface area contributed by atoms with Crippen molar-refractivity contribution in [3.8, 4) is 0 Å². The van der Waals surface area contributed by atoms with Crippen molar-refractivity contribution in [3.63, 3.8) is 0 Å². The molecule has 2 aromatic carbocycles. The van der Waals surface area contributed by atoms with E-state index in [1.165, 1.54) is 17.8 Å². The first-order valence-corrected chi connectivity index (χ1v) is 10.6. The molecule has 0 saturated carbocycles. The van der Waals surface area contributed by atoms with E-state index < -0.39 is 0 Å². The predicted molar refractivity (Wildman–Crippen MR) is 116 cm³/mol. The van der Waals surface area contributed by atoms with Gasteiger partial charge in [-0.15, -0.1) is 5.10 Å². The number of nitrogens with zero attached hydrogens (tertiary/aromatic N) is 6. The molecule has 0 aliphatic carbocycles. The number of hydrogen-bond acceptors (Lipinski definition) is 5. The van der Waals surface area contributed by atoms with Gasteiger partial charge in [0.2, 0.25) is 0 Å². The SMILES string of the molecule is CCC(C)(C)n1nnnc1C(c1ccc(F)cc1)N1CCN(c2ccccc2)CC1. The number of hydrogen-bond donors (Lipinski definition) is 0. The molecule has 3 aromatic rings. The molecule has 30 heavy (non-hydrogen) atoms. The van der Waals surface area contributed by atoms with E-state index in [2.05, 4.69) is 70.4 Å². The van der Waals surface area contributed by atoms with Gasteiger partial charge in [0.1, 0.15) is 5.82 Å². The van der Waals surface area contributed by atoms with Crippen LogP contribution in [0.25, 0.3) is 0 Å². The van der Waals surface area contributed by atoms with Crippen LogP contribution in [-0.2, 0) is 5.54 Å². The Morgan fingerprint density at radius 1 is 0.967 bits per heavy atom. The van der Waals surface area contributed by atoms with E-state index in [0.717, 1.165) is 44.0 Å². The highest BCUT2D eigenvalue weighted by atomic mass is 19.1. The summed E-state index contributed by atoms with van der Waals surface area (Å²) in [6, 6.07) is 17.1. The van der Waals surface area contributed by atoms with Gasteiger partial charge in [0.15, 0.2) is 5.82 Å². The first-order chi connectivity index (χ1) is 14.5. The number of piperazine rings is 1. The quantitative estimate of drug-likeness (QED) is 0.620. The second kappa shape index (κ2) is 8.52. The van der Waals surface area contributed by atoms with E-state index in [9.17, 15) is 4.39 Å². The van der Waals surface area contributed by atoms with Gasteiger partial charge in [-0.05, 0) is 60.5 Å². The molecule has 4 rings (SSSR count). The summed E-state index contributed by atoms with van der Waals surface area (Å²) in [5.74, 6) is 0.571. The Kier molecular flexibility index (Phi) is 5.81. The van der Waals surface area contributed by atoms with Gasteiger partial charge in [0.05, 0.1) is 11.6 Å². The normalized spacial score (nSPS) is 16.6. The van der Waals surface area contributed by atoms with Crippen LogP contribution < -0.4 is 4.90 Å². The third-order valence-corrected chi connectivity index (χ3v) is 6.16. The molecule has 1 aliphatic rings. The van der Waals surface area contributed by atoms with Gasteiger partial charge in [-0.3, -0.25) is 4.90 Å². The van der Waals surface area contributed by atoms with Crippen molar-refractivity contribution < 1.29 is 4.39 Å². The van der Waals surface area contributed by atoms with E-state index in [1.54, 1.807) is 0 Å². The van der Waals surface area contributed by atoms with Crippen molar-refractivity contribution in [2.75, 3.05) is 31.1 Å². The molecule has 1 fully saturated rings. The minimum atomic E-state index is -0.236. The number of anilines is 1. The topological polar surface area (TPSA) is 50.1 Å². The third kappa shape index (κ3) is 4.07. The van der Waals surface area contributed by atoms with Crippen LogP contribution in [0.4, 0.5) is 10.1 Å². The van der Waals surface area contributed by atoms with Gasteiger partial charge in [-0.1, -0.05) is 37.3 Å². The second-order valence-electron chi connectivity index (χ2n) is 8.43. The highest BCUT2D eigenvalue weighted by molar-refractivity contribution is 5.46. The zero-order chi connectivity index (χ0) is 21.1. The monoisotopic (exact) mass is 408 g/mol. The number of para-hydroxylation sites is 1. The lowest BCUT2D eigenvalue weighted by Gasteiger charge is -2.40. The average Bonchev–Trinajstić information content (AvgIpc) is 3.27. The van der Waals surface area contributed by atoms with Crippen LogP contribution in [-0.4, -0.2) is 51.3 Å². The van der Waals surface area contributed by atoms with Crippen molar-refractivity contribution in [2.24, 2.45) is 0 Å². The summed E-state index contributed by atoms with van der Waals surface area (Å²) >= 11 is 0. The van der Waals surface area contributed by atoms with E-state index in [4.69, 9.17) is 0 Å². The van der Waals surface area contributed by atoms with E-state index in [0.29, 0.717) is 0 Å². The number of benzene rings is 2. The Bertz CT molecular complexity index is 945. The Labute approximate surface area is 177 Å². The molecule has 158 valence electrons. The van der Waals surface area contributed by atoms with Crippen LogP contribution in [0.1, 0.15) is 44.6 Å². The zero-order valence-corrected chi connectivity index (χ0v) is 17.9. The zero-order valence-electron chi connectivity index (χ0n) is 17.9. The molecule has 0 radical (unpaired) electrons. The molecule has 1 aliphatic heterocycles. The van der Waals surface area contributed by atoms with Crippen molar-refractivity contribution in [1.82, 2.24) is 25.1 Å². The van der Waals surface area contributed by atoms with E-state index >= 15 is 0 Å². The minimum Gasteiger partial charge on any atom is -0.369 e. The molecule has 0 bridgehead atoms. The van der Waals surface area contributed by atoms with E-state index in [-0.39, 0.29) is 17.4 Å². The standard InChI is InChI=1S/C23H29FN6/c1-4-23(2,3)30-22(25-26-27-30)21(18-10-12-19(24)13-11-18)29-16-14-28(15-17-29)20-8-6-5-7-9-20/h5-13,21H,4,14-17H2,1-3H3. The third-order valence-electron chi connectivity index (χ3n) is 6.16. The maximum Gasteiger partial charge on any atom is 0.173 e. The van der Waals surface area contributed by atoms with Crippen molar-refractivity contribution in [3.05, 3.63) is 71.8 Å². The van der Waals surface area contributed by atoms with Crippen LogP contribution in [0.2, 0.25) is 0 Å². The molecule has 1 saturated heterocycles. The fourth-order valence-electron chi connectivity index (χ4n) is 3.99. The van der Waals surface area contributed by atoms with Crippen LogP contribution in [0.3, 0.4) is 0 Å². The van der Waals surface area contributed by atoms with Crippen molar-refractivity contribution in [2.45, 2.75) is 38.8 Å². The Morgan fingerprint density at radius 2 is 1.63 bits per heavy atom. The first-order valence-electron chi connectivity index (χ1n) is 10.6. The molecule has 2 heterocycles. The maximum atomic E-state index is 13.6. The van der Waals surface area contributed by atoms with Gasteiger partial charge in [0, 0.05) is 31.9 Å². The molecule has 0 N–H and O–H groups in total. The smallest absolute Gasteiger partial charge is 0.173 e. The Balaban J connectivity index is 1.65. The van der Waals surface area contributed by atoms with Crippen molar-refractivity contribution in [1.29, 1.82) is 0 Å². The van der Waals surface area contributed by atoms with Crippen LogP contribution in [0.5, 0.6) is 0 Å². The Morgan fingerprint density at radius 3 is 2.27 bits per heavy atom. The Hall–Kier alpha value is -2.80. The van der Waals surface area contributed by atoms with Crippen LogP contribution in [0, 0.1) is 5.82 Å². The summed E-state index contributed by atoms with van der Waals surface area (Å²) in [6.07, 6.45) is 0.906. The summed E-state index contributed by atoms with van der Waals surface area (Å²) in [5.41, 5.74) is 2.04. The number of rotatable bonds is 6. The van der Waals surface area contributed by atoms with E-state index in [1.807, 2.05) is 22.9 Å².